The summed E-state index contributed by atoms with van der Waals surface area (Å²) in [5, 5.41) is 1.37. The normalized spacial score (nSPS) is 25.2. The minimum atomic E-state index is 0.698. The predicted molar refractivity (Wildman–Crippen MR) is 81.6 cm³/mol. The highest BCUT2D eigenvalue weighted by Crippen LogP contribution is 2.37. The van der Waals surface area contributed by atoms with E-state index in [2.05, 4.69) is 28.1 Å². The van der Waals surface area contributed by atoms with Crippen LogP contribution in [0.2, 0.25) is 0 Å². The van der Waals surface area contributed by atoms with E-state index < -0.39 is 0 Å². The van der Waals surface area contributed by atoms with Gasteiger partial charge in [-0.05, 0) is 56.5 Å². The van der Waals surface area contributed by atoms with Crippen LogP contribution in [-0.2, 0) is 6.42 Å². The molecule has 2 aromatic rings. The summed E-state index contributed by atoms with van der Waals surface area (Å²) in [4.78, 5) is 6.32. The van der Waals surface area contributed by atoms with Gasteiger partial charge in [-0.3, -0.25) is 0 Å². The van der Waals surface area contributed by atoms with E-state index in [1.54, 1.807) is 0 Å². The monoisotopic (exact) mass is 270 g/mol. The molecule has 0 amide bonds. The lowest BCUT2D eigenvalue weighted by Gasteiger charge is -2.29. The Hall–Kier alpha value is -1.48. The van der Waals surface area contributed by atoms with Crippen LogP contribution in [0.5, 0.6) is 5.75 Å². The minimum Gasteiger partial charge on any atom is -0.494 e. The van der Waals surface area contributed by atoms with Gasteiger partial charge in [0.2, 0.25) is 0 Å². The molecule has 106 valence electrons. The summed E-state index contributed by atoms with van der Waals surface area (Å²) in [6, 6.07) is 6.48. The van der Waals surface area contributed by atoms with Crippen LogP contribution in [0.4, 0.5) is 0 Å². The number of hydrogen-bond acceptors (Lipinski definition) is 2. The van der Waals surface area contributed by atoms with Crippen LogP contribution < -0.4 is 4.74 Å². The van der Waals surface area contributed by atoms with Crippen molar-refractivity contribution in [2.45, 2.75) is 32.1 Å². The maximum absolute atomic E-state index is 5.67. The molecule has 0 radical (unpaired) electrons. The first-order chi connectivity index (χ1) is 9.85. The van der Waals surface area contributed by atoms with E-state index in [1.807, 2.05) is 6.92 Å². The second kappa shape index (κ2) is 4.81. The first kappa shape index (κ1) is 12.3. The second-order valence-corrected chi connectivity index (χ2v) is 6.05. The number of fused-ring (bicyclic) bond motifs is 6. The number of nitrogens with one attached hydrogen (secondary N) is 1. The van der Waals surface area contributed by atoms with Gasteiger partial charge < -0.3 is 14.6 Å². The Morgan fingerprint density at radius 2 is 2.30 bits per heavy atom. The summed E-state index contributed by atoms with van der Waals surface area (Å²) in [7, 11) is 0. The van der Waals surface area contributed by atoms with Gasteiger partial charge >= 0.3 is 0 Å². The number of aromatic nitrogens is 1. The van der Waals surface area contributed by atoms with E-state index in [4.69, 9.17) is 4.74 Å². The smallest absolute Gasteiger partial charge is 0.120 e. The molecule has 1 aromatic carbocycles. The molecule has 20 heavy (non-hydrogen) atoms. The highest BCUT2D eigenvalue weighted by Gasteiger charge is 2.28. The summed E-state index contributed by atoms with van der Waals surface area (Å²) in [5.41, 5.74) is 4.31. The molecule has 2 atom stereocenters. The number of H-pyrrole nitrogens is 1. The molecule has 1 N–H and O–H groups in total. The number of nitrogens with zero attached hydrogens (tertiary/aromatic N) is 1. The number of hydrogen-bond donors (Lipinski definition) is 1. The van der Waals surface area contributed by atoms with Crippen LogP contribution >= 0.6 is 0 Å². The molecule has 2 aliphatic rings. The molecule has 0 aliphatic carbocycles. The van der Waals surface area contributed by atoms with Crippen molar-refractivity contribution in [1.82, 2.24) is 9.88 Å². The zero-order valence-corrected chi connectivity index (χ0v) is 12.1. The highest BCUT2D eigenvalue weighted by molar-refractivity contribution is 5.86. The third-order valence-corrected chi connectivity index (χ3v) is 4.81. The van der Waals surface area contributed by atoms with E-state index in [-0.39, 0.29) is 0 Å². The lowest BCUT2D eigenvalue weighted by molar-refractivity contribution is 0.217. The zero-order valence-electron chi connectivity index (χ0n) is 12.1. The maximum Gasteiger partial charge on any atom is 0.120 e. The molecule has 3 heteroatoms. The Morgan fingerprint density at radius 1 is 1.35 bits per heavy atom. The van der Waals surface area contributed by atoms with Crippen LogP contribution in [0, 0.1) is 0 Å². The average Bonchev–Trinajstić information content (AvgIpc) is 2.78. The molecule has 0 spiro atoms. The van der Waals surface area contributed by atoms with E-state index in [9.17, 15) is 0 Å². The molecule has 1 fully saturated rings. The molecule has 3 nitrogen and oxygen atoms in total. The van der Waals surface area contributed by atoms with Gasteiger partial charge in [-0.1, -0.05) is 0 Å². The second-order valence-electron chi connectivity index (χ2n) is 6.05. The lowest BCUT2D eigenvalue weighted by Crippen LogP contribution is -2.33. The van der Waals surface area contributed by atoms with Crippen LogP contribution in [0.25, 0.3) is 10.9 Å². The topological polar surface area (TPSA) is 28.3 Å². The number of piperidine rings is 1. The van der Waals surface area contributed by atoms with Crippen LogP contribution in [0.3, 0.4) is 0 Å². The third-order valence-electron chi connectivity index (χ3n) is 4.81. The zero-order chi connectivity index (χ0) is 13.5. The van der Waals surface area contributed by atoms with Crippen LogP contribution in [-0.4, -0.2) is 36.1 Å². The third kappa shape index (κ3) is 1.92. The molecule has 0 saturated carbocycles. The van der Waals surface area contributed by atoms with Gasteiger partial charge in [0, 0.05) is 35.6 Å². The molecule has 1 aromatic heterocycles. The van der Waals surface area contributed by atoms with Crippen molar-refractivity contribution in [2.75, 3.05) is 26.2 Å². The summed E-state index contributed by atoms with van der Waals surface area (Å²) >= 11 is 0. The predicted octanol–water partition coefficient (Wildman–Crippen LogP) is 3.30. The number of rotatable bonds is 2. The average molecular weight is 270 g/mol. The van der Waals surface area contributed by atoms with Gasteiger partial charge in [0.25, 0.3) is 0 Å². The van der Waals surface area contributed by atoms with E-state index >= 15 is 0 Å². The standard InChI is InChI=1S/C17H22N2O/c1-2-20-13-5-6-16-15(10-13)14-7-9-19-8-3-4-12(11-19)17(14)18-16/h5-6,10,12,18H,2-4,7-9,11H2,1H3. The Labute approximate surface area is 119 Å². The molecule has 4 rings (SSSR count). The molecular formula is C17H22N2O. The van der Waals surface area contributed by atoms with Crippen LogP contribution in [0.1, 0.15) is 36.9 Å². The molecule has 2 bridgehead atoms. The van der Waals surface area contributed by atoms with E-state index in [0.29, 0.717) is 5.92 Å². The van der Waals surface area contributed by atoms with Crippen molar-refractivity contribution < 1.29 is 4.74 Å². The summed E-state index contributed by atoms with van der Waals surface area (Å²) in [6.07, 6.45) is 3.83. The van der Waals surface area contributed by atoms with Crippen molar-refractivity contribution in [1.29, 1.82) is 0 Å². The van der Waals surface area contributed by atoms with Gasteiger partial charge in [0.1, 0.15) is 5.75 Å². The lowest BCUT2D eigenvalue weighted by atomic mass is 9.93. The SMILES string of the molecule is CCOc1ccc2[nH]c3c(c2c1)CCN1CCCC3C1. The highest BCUT2D eigenvalue weighted by atomic mass is 16.5. The van der Waals surface area contributed by atoms with Crippen LogP contribution in [0.15, 0.2) is 18.2 Å². The Kier molecular flexibility index (Phi) is 2.95. The summed E-state index contributed by atoms with van der Waals surface area (Å²) in [6.45, 7) is 6.49. The van der Waals surface area contributed by atoms with Gasteiger partial charge in [-0.25, -0.2) is 0 Å². The summed E-state index contributed by atoms with van der Waals surface area (Å²) < 4.78 is 5.67. The number of ether oxygens (including phenoxy) is 1. The van der Waals surface area contributed by atoms with Gasteiger partial charge in [0.15, 0.2) is 0 Å². The molecule has 3 heterocycles. The number of benzene rings is 1. The largest absolute Gasteiger partial charge is 0.494 e. The Morgan fingerprint density at radius 3 is 3.20 bits per heavy atom. The number of aromatic amines is 1. The van der Waals surface area contributed by atoms with Crippen molar-refractivity contribution in [3.8, 4) is 5.75 Å². The van der Waals surface area contributed by atoms with Gasteiger partial charge in [0.05, 0.1) is 6.61 Å². The quantitative estimate of drug-likeness (QED) is 0.907. The van der Waals surface area contributed by atoms with Crippen molar-refractivity contribution in [3.63, 3.8) is 0 Å². The van der Waals surface area contributed by atoms with E-state index in [0.717, 1.165) is 12.4 Å². The fraction of sp³-hybridized carbons (Fsp3) is 0.529. The van der Waals surface area contributed by atoms with Gasteiger partial charge in [-0.2, -0.15) is 0 Å². The van der Waals surface area contributed by atoms with Crippen molar-refractivity contribution in [3.05, 3.63) is 29.5 Å². The first-order valence-corrected chi connectivity index (χ1v) is 7.85. The maximum atomic E-state index is 5.67. The van der Waals surface area contributed by atoms with Gasteiger partial charge in [-0.15, -0.1) is 0 Å². The Bertz CT molecular complexity index is 631. The minimum absolute atomic E-state index is 0.698. The molecule has 2 unspecified atom stereocenters. The molecular weight excluding hydrogens is 248 g/mol. The fourth-order valence-corrected chi connectivity index (χ4v) is 3.89. The Balaban J connectivity index is 1.82. The summed E-state index contributed by atoms with van der Waals surface area (Å²) in [5.74, 6) is 1.69. The molecule has 1 saturated heterocycles. The van der Waals surface area contributed by atoms with E-state index in [1.165, 1.54) is 61.1 Å². The first-order valence-electron chi connectivity index (χ1n) is 7.85. The molecule has 2 aliphatic heterocycles. The van der Waals surface area contributed by atoms with Crippen molar-refractivity contribution >= 4 is 10.9 Å². The fourth-order valence-electron chi connectivity index (χ4n) is 3.89. The van der Waals surface area contributed by atoms with Crippen molar-refractivity contribution in [2.24, 2.45) is 0 Å².